The van der Waals surface area contributed by atoms with Crippen LogP contribution in [0.4, 0.5) is 5.69 Å². The molecule has 0 bridgehead atoms. The molecule has 1 N–H and O–H groups in total. The lowest BCUT2D eigenvalue weighted by molar-refractivity contribution is -0.127. The second-order valence-corrected chi connectivity index (χ2v) is 6.36. The van der Waals surface area contributed by atoms with E-state index in [9.17, 15) is 9.59 Å². The van der Waals surface area contributed by atoms with Crippen LogP contribution in [0.15, 0.2) is 48.5 Å². The van der Waals surface area contributed by atoms with Crippen LogP contribution >= 0.6 is 0 Å². The summed E-state index contributed by atoms with van der Waals surface area (Å²) in [5.74, 6) is 0.425. The predicted octanol–water partition coefficient (Wildman–Crippen LogP) is 2.99. The minimum Gasteiger partial charge on any atom is -0.489 e. The summed E-state index contributed by atoms with van der Waals surface area (Å²) in [6.07, 6.45) is 0.276. The highest BCUT2D eigenvalue weighted by Crippen LogP contribution is 2.23. The van der Waals surface area contributed by atoms with Gasteiger partial charge in [0.15, 0.2) is 0 Å². The van der Waals surface area contributed by atoms with E-state index >= 15 is 0 Å². The van der Waals surface area contributed by atoms with E-state index in [0.29, 0.717) is 13.2 Å². The Balaban J connectivity index is 1.66. The maximum Gasteiger partial charge on any atom is 0.229 e. The molecule has 0 aliphatic carbocycles. The van der Waals surface area contributed by atoms with Crippen LogP contribution < -0.4 is 10.1 Å². The molecule has 0 unspecified atom stereocenters. The van der Waals surface area contributed by atoms with Crippen molar-refractivity contribution < 1.29 is 14.3 Å². The Morgan fingerprint density at radius 3 is 2.64 bits per heavy atom. The number of rotatable bonds is 5. The smallest absolute Gasteiger partial charge is 0.229 e. The first-order valence-corrected chi connectivity index (χ1v) is 8.36. The number of carbonyl (C=O) groups is 2. The number of para-hydroxylation sites is 1. The Morgan fingerprint density at radius 1 is 1.20 bits per heavy atom. The van der Waals surface area contributed by atoms with Crippen molar-refractivity contribution in [2.75, 3.05) is 18.9 Å². The van der Waals surface area contributed by atoms with E-state index in [4.69, 9.17) is 4.74 Å². The highest BCUT2D eigenvalue weighted by Gasteiger charge is 2.32. The van der Waals surface area contributed by atoms with E-state index in [-0.39, 0.29) is 24.2 Å². The van der Waals surface area contributed by atoms with Crippen LogP contribution in [0.2, 0.25) is 0 Å². The first-order valence-electron chi connectivity index (χ1n) is 8.36. The quantitative estimate of drug-likeness (QED) is 0.912. The summed E-state index contributed by atoms with van der Waals surface area (Å²) in [4.78, 5) is 25.6. The molecular weight excluding hydrogens is 316 g/mol. The average Bonchev–Trinajstić information content (AvgIpc) is 2.96. The number of carbonyl (C=O) groups excluding carboxylic acids is 2. The third-order valence-corrected chi connectivity index (χ3v) is 4.55. The third-order valence-electron chi connectivity index (χ3n) is 4.55. The van der Waals surface area contributed by atoms with Crippen LogP contribution in [0.3, 0.4) is 0 Å². The largest absolute Gasteiger partial charge is 0.489 e. The van der Waals surface area contributed by atoms with Crippen molar-refractivity contribution in [1.29, 1.82) is 0 Å². The van der Waals surface area contributed by atoms with Crippen molar-refractivity contribution in [3.05, 3.63) is 59.7 Å². The van der Waals surface area contributed by atoms with Crippen molar-refractivity contribution in [2.45, 2.75) is 20.0 Å². The first-order chi connectivity index (χ1) is 12.0. The van der Waals surface area contributed by atoms with E-state index < -0.39 is 0 Å². The molecular formula is C20H22N2O3. The molecule has 2 aromatic carbocycles. The van der Waals surface area contributed by atoms with Gasteiger partial charge in [-0.15, -0.1) is 0 Å². The van der Waals surface area contributed by atoms with Crippen LogP contribution in [-0.4, -0.2) is 30.3 Å². The maximum absolute atomic E-state index is 12.4. The van der Waals surface area contributed by atoms with Gasteiger partial charge in [0, 0.05) is 25.7 Å². The zero-order valence-corrected chi connectivity index (χ0v) is 14.5. The normalized spacial score (nSPS) is 16.8. The summed E-state index contributed by atoms with van der Waals surface area (Å²) in [5.41, 5.74) is 2.76. The topological polar surface area (TPSA) is 58.6 Å². The minimum atomic E-state index is -0.291. The Hall–Kier alpha value is -2.82. The number of anilines is 1. The predicted molar refractivity (Wildman–Crippen MR) is 96.3 cm³/mol. The zero-order valence-electron chi connectivity index (χ0n) is 14.5. The van der Waals surface area contributed by atoms with Gasteiger partial charge in [0.05, 0.1) is 5.92 Å². The molecule has 130 valence electrons. The van der Waals surface area contributed by atoms with Crippen molar-refractivity contribution in [1.82, 2.24) is 4.90 Å². The fourth-order valence-corrected chi connectivity index (χ4v) is 2.93. The SMILES string of the molecule is Cc1c(COc2ccccc2)cccc1NC(=O)[C@@H]1CC(=O)N(C)C1. The third kappa shape index (κ3) is 3.99. The average molecular weight is 338 g/mol. The fourth-order valence-electron chi connectivity index (χ4n) is 2.93. The lowest BCUT2D eigenvalue weighted by atomic mass is 10.0. The Kier molecular flexibility index (Phi) is 5.03. The molecule has 1 atom stereocenters. The van der Waals surface area contributed by atoms with Gasteiger partial charge in [-0.1, -0.05) is 30.3 Å². The van der Waals surface area contributed by atoms with Crippen molar-refractivity contribution in [2.24, 2.45) is 5.92 Å². The van der Waals surface area contributed by atoms with Crippen molar-refractivity contribution >= 4 is 17.5 Å². The Labute approximate surface area is 147 Å². The van der Waals surface area contributed by atoms with Gasteiger partial charge in [-0.05, 0) is 36.2 Å². The Morgan fingerprint density at radius 2 is 1.96 bits per heavy atom. The second kappa shape index (κ2) is 7.38. The van der Waals surface area contributed by atoms with Crippen molar-refractivity contribution in [3.63, 3.8) is 0 Å². The van der Waals surface area contributed by atoms with E-state index in [2.05, 4.69) is 5.32 Å². The molecule has 2 amide bonds. The van der Waals surface area contributed by atoms with E-state index in [0.717, 1.165) is 22.6 Å². The van der Waals surface area contributed by atoms with Crippen molar-refractivity contribution in [3.8, 4) is 5.75 Å². The molecule has 0 spiro atoms. The number of ether oxygens (including phenoxy) is 1. The van der Waals surface area contributed by atoms with Gasteiger partial charge in [0.25, 0.3) is 0 Å². The molecule has 1 aliphatic heterocycles. The molecule has 25 heavy (non-hydrogen) atoms. The minimum absolute atomic E-state index is 0.0156. The lowest BCUT2D eigenvalue weighted by Crippen LogP contribution is -2.26. The molecule has 5 heteroatoms. The Bertz CT molecular complexity index is 774. The molecule has 1 fully saturated rings. The highest BCUT2D eigenvalue weighted by molar-refractivity contribution is 5.97. The van der Waals surface area contributed by atoms with Gasteiger partial charge < -0.3 is 15.0 Å². The molecule has 2 aromatic rings. The molecule has 0 saturated carbocycles. The summed E-state index contributed by atoms with van der Waals surface area (Å²) in [6, 6.07) is 15.4. The van der Waals surface area contributed by atoms with Crippen LogP contribution in [-0.2, 0) is 16.2 Å². The highest BCUT2D eigenvalue weighted by atomic mass is 16.5. The molecule has 1 aliphatic rings. The number of amides is 2. The summed E-state index contributed by atoms with van der Waals surface area (Å²) in [7, 11) is 1.72. The van der Waals surface area contributed by atoms with Gasteiger partial charge in [0.1, 0.15) is 12.4 Å². The van der Waals surface area contributed by atoms with E-state index in [1.54, 1.807) is 11.9 Å². The molecule has 3 rings (SSSR count). The monoisotopic (exact) mass is 338 g/mol. The summed E-state index contributed by atoms with van der Waals surface area (Å²) >= 11 is 0. The van der Waals surface area contributed by atoms with Gasteiger partial charge in [0.2, 0.25) is 11.8 Å². The molecule has 0 radical (unpaired) electrons. The zero-order chi connectivity index (χ0) is 17.8. The van der Waals surface area contributed by atoms with Crippen LogP contribution in [0, 0.1) is 12.8 Å². The number of hydrogen-bond donors (Lipinski definition) is 1. The molecule has 1 heterocycles. The first kappa shape index (κ1) is 17.0. The molecule has 5 nitrogen and oxygen atoms in total. The maximum atomic E-state index is 12.4. The summed E-state index contributed by atoms with van der Waals surface area (Å²) < 4.78 is 5.80. The number of hydrogen-bond acceptors (Lipinski definition) is 3. The number of nitrogens with one attached hydrogen (secondary N) is 1. The van der Waals surface area contributed by atoms with E-state index in [1.807, 2.05) is 55.5 Å². The van der Waals surface area contributed by atoms with Crippen LogP contribution in [0.1, 0.15) is 17.5 Å². The van der Waals surface area contributed by atoms with Crippen LogP contribution in [0.5, 0.6) is 5.75 Å². The number of nitrogens with zero attached hydrogens (tertiary/aromatic N) is 1. The second-order valence-electron chi connectivity index (χ2n) is 6.36. The van der Waals surface area contributed by atoms with Gasteiger partial charge in [-0.25, -0.2) is 0 Å². The molecule has 0 aromatic heterocycles. The lowest BCUT2D eigenvalue weighted by Gasteiger charge is -2.15. The van der Waals surface area contributed by atoms with Gasteiger partial charge in [-0.2, -0.15) is 0 Å². The fraction of sp³-hybridized carbons (Fsp3) is 0.300. The summed E-state index contributed by atoms with van der Waals surface area (Å²) in [5, 5.41) is 2.96. The van der Waals surface area contributed by atoms with Gasteiger partial charge in [-0.3, -0.25) is 9.59 Å². The summed E-state index contributed by atoms with van der Waals surface area (Å²) in [6.45, 7) is 2.87. The van der Waals surface area contributed by atoms with E-state index in [1.165, 1.54) is 0 Å². The molecule has 1 saturated heterocycles. The van der Waals surface area contributed by atoms with Gasteiger partial charge >= 0.3 is 0 Å². The number of likely N-dealkylation sites (tertiary alicyclic amines) is 1. The number of benzene rings is 2. The van der Waals surface area contributed by atoms with Crippen LogP contribution in [0.25, 0.3) is 0 Å². The standard InChI is InChI=1S/C20H22N2O3/c1-14-15(13-25-17-8-4-3-5-9-17)7-6-10-18(14)21-20(24)16-11-19(23)22(2)12-16/h3-10,16H,11-13H2,1-2H3,(H,21,24)/t16-/m1/s1.